The molecule has 2 aliphatic rings. The van der Waals surface area contributed by atoms with Crippen molar-refractivity contribution in [2.24, 2.45) is 5.41 Å². The van der Waals surface area contributed by atoms with Crippen molar-refractivity contribution in [3.8, 4) is 0 Å². The van der Waals surface area contributed by atoms with Gasteiger partial charge >= 0.3 is 0 Å². The fraction of sp³-hybridized carbons (Fsp3) is 0.917. The summed E-state index contributed by atoms with van der Waals surface area (Å²) in [6.45, 7) is 9.97. The Labute approximate surface area is 96.2 Å². The van der Waals surface area contributed by atoms with Crippen LogP contribution in [0.15, 0.2) is 0 Å². The van der Waals surface area contributed by atoms with E-state index in [0.29, 0.717) is 6.61 Å². The summed E-state index contributed by atoms with van der Waals surface area (Å²) in [5.74, 6) is -0.405. The molecule has 2 saturated heterocycles. The van der Waals surface area contributed by atoms with Crippen LogP contribution in [-0.2, 0) is 19.0 Å². The Hall–Kier alpha value is -0.450. The molecule has 0 amide bonds. The van der Waals surface area contributed by atoms with Crippen LogP contribution in [0.5, 0.6) is 0 Å². The Balaban J connectivity index is 1.91. The van der Waals surface area contributed by atoms with E-state index in [0.717, 1.165) is 0 Å². The zero-order chi connectivity index (χ0) is 12.1. The van der Waals surface area contributed by atoms with Crippen molar-refractivity contribution < 1.29 is 19.0 Å². The van der Waals surface area contributed by atoms with Crippen LogP contribution in [0, 0.1) is 5.41 Å². The van der Waals surface area contributed by atoms with Crippen molar-refractivity contribution in [3.05, 3.63) is 0 Å². The molecule has 4 nitrogen and oxygen atoms in total. The number of rotatable bonds is 2. The van der Waals surface area contributed by atoms with E-state index in [-0.39, 0.29) is 29.5 Å². The minimum atomic E-state index is -0.550. The number of ether oxygens (including phenoxy) is 3. The highest BCUT2D eigenvalue weighted by atomic mass is 16.8. The lowest BCUT2D eigenvalue weighted by Crippen LogP contribution is -2.31. The Morgan fingerprint density at radius 3 is 2.38 bits per heavy atom. The summed E-state index contributed by atoms with van der Waals surface area (Å²) in [6.07, 6.45) is -0.526. The van der Waals surface area contributed by atoms with Gasteiger partial charge in [-0.05, 0) is 13.8 Å². The van der Waals surface area contributed by atoms with E-state index >= 15 is 0 Å². The van der Waals surface area contributed by atoms with Crippen LogP contribution in [0.1, 0.15) is 34.6 Å². The molecule has 16 heavy (non-hydrogen) atoms. The number of ketones is 1. The lowest BCUT2D eigenvalue weighted by Gasteiger charge is -2.17. The molecule has 2 heterocycles. The summed E-state index contributed by atoms with van der Waals surface area (Å²) >= 11 is 0. The first-order chi connectivity index (χ1) is 7.21. The average Bonchev–Trinajstić information content (AvgIpc) is 2.82. The first-order valence-corrected chi connectivity index (χ1v) is 5.72. The summed E-state index contributed by atoms with van der Waals surface area (Å²) in [4.78, 5) is 11.9. The highest BCUT2D eigenvalue weighted by Gasteiger charge is 2.55. The molecule has 0 radical (unpaired) electrons. The van der Waals surface area contributed by atoms with Gasteiger partial charge in [-0.25, -0.2) is 0 Å². The van der Waals surface area contributed by atoms with Gasteiger partial charge in [-0.1, -0.05) is 20.8 Å². The van der Waals surface area contributed by atoms with Gasteiger partial charge in [0.1, 0.15) is 18.3 Å². The van der Waals surface area contributed by atoms with Crippen LogP contribution >= 0.6 is 0 Å². The fourth-order valence-corrected chi connectivity index (χ4v) is 1.92. The maximum absolute atomic E-state index is 11.9. The number of epoxide rings is 1. The highest BCUT2D eigenvalue weighted by molar-refractivity contribution is 5.90. The van der Waals surface area contributed by atoms with Gasteiger partial charge in [0.15, 0.2) is 11.6 Å². The van der Waals surface area contributed by atoms with Crippen LogP contribution in [0.25, 0.3) is 0 Å². The molecule has 0 aromatic rings. The van der Waals surface area contributed by atoms with Crippen molar-refractivity contribution in [1.29, 1.82) is 0 Å². The van der Waals surface area contributed by atoms with Crippen LogP contribution in [0.4, 0.5) is 0 Å². The number of carbonyl (C=O) groups excluding carboxylic acids is 1. The van der Waals surface area contributed by atoms with E-state index in [4.69, 9.17) is 14.2 Å². The normalized spacial score (nSPS) is 37.4. The third-order valence-electron chi connectivity index (χ3n) is 2.92. The van der Waals surface area contributed by atoms with Crippen LogP contribution in [0.2, 0.25) is 0 Å². The Bertz CT molecular complexity index is 303. The zero-order valence-corrected chi connectivity index (χ0v) is 10.6. The van der Waals surface area contributed by atoms with Gasteiger partial charge in [-0.15, -0.1) is 0 Å². The summed E-state index contributed by atoms with van der Waals surface area (Å²) in [5.41, 5.74) is -0.353. The maximum Gasteiger partial charge on any atom is 0.169 e. The molecule has 0 unspecified atom stereocenters. The number of Topliss-reactive ketones (excluding diaryl/α,β-unsaturated/α-hetero) is 1. The van der Waals surface area contributed by atoms with Crippen molar-refractivity contribution >= 4 is 5.78 Å². The molecule has 2 rings (SSSR count). The van der Waals surface area contributed by atoms with Crippen LogP contribution < -0.4 is 0 Å². The van der Waals surface area contributed by atoms with Gasteiger partial charge in [-0.3, -0.25) is 4.79 Å². The van der Waals surface area contributed by atoms with Gasteiger partial charge in [0, 0.05) is 5.41 Å². The molecule has 2 aliphatic heterocycles. The molecular formula is C12H20O4. The van der Waals surface area contributed by atoms with Crippen molar-refractivity contribution in [2.75, 3.05) is 6.61 Å². The molecule has 4 heteroatoms. The van der Waals surface area contributed by atoms with E-state index in [9.17, 15) is 4.79 Å². The minimum Gasteiger partial charge on any atom is -0.358 e. The molecule has 0 N–H and O–H groups in total. The predicted molar refractivity (Wildman–Crippen MR) is 58.0 cm³/mol. The van der Waals surface area contributed by atoms with E-state index in [1.54, 1.807) is 0 Å². The summed E-state index contributed by atoms with van der Waals surface area (Å²) < 4.78 is 16.5. The Kier molecular flexibility index (Phi) is 2.64. The first kappa shape index (κ1) is 12.0. The smallest absolute Gasteiger partial charge is 0.169 e. The van der Waals surface area contributed by atoms with Crippen molar-refractivity contribution in [2.45, 2.75) is 58.7 Å². The Morgan fingerprint density at radius 1 is 1.31 bits per heavy atom. The molecule has 0 spiro atoms. The predicted octanol–water partition coefficient (Wildman–Crippen LogP) is 1.52. The lowest BCUT2D eigenvalue weighted by atomic mass is 9.87. The SMILES string of the molecule is CC1(C)OC[C@H]([C@@H]2O[C@H]2C(=O)C(C)(C)C)O1. The summed E-state index contributed by atoms with van der Waals surface area (Å²) in [7, 11) is 0. The first-order valence-electron chi connectivity index (χ1n) is 5.72. The van der Waals surface area contributed by atoms with Gasteiger partial charge in [0.25, 0.3) is 0 Å². The second-order valence-corrected chi connectivity index (χ2v) is 6.00. The van der Waals surface area contributed by atoms with Crippen LogP contribution in [0.3, 0.4) is 0 Å². The molecule has 0 aromatic carbocycles. The second-order valence-electron chi connectivity index (χ2n) is 6.00. The second kappa shape index (κ2) is 3.52. The largest absolute Gasteiger partial charge is 0.358 e. The van der Waals surface area contributed by atoms with Gasteiger partial charge in [0.2, 0.25) is 0 Å². The summed E-state index contributed by atoms with van der Waals surface area (Å²) in [5, 5.41) is 0. The standard InChI is InChI=1S/C12H20O4/c1-11(2,3)10(13)9-8(15-9)7-6-14-12(4,5)16-7/h7-9H,6H2,1-5H3/t7-,8+,9-/m1/s1. The molecule has 0 aliphatic carbocycles. The maximum atomic E-state index is 11.9. The molecule has 0 bridgehead atoms. The third kappa shape index (κ3) is 2.29. The van der Waals surface area contributed by atoms with Crippen LogP contribution in [-0.4, -0.2) is 36.5 Å². The molecule has 0 saturated carbocycles. The zero-order valence-electron chi connectivity index (χ0n) is 10.6. The highest BCUT2D eigenvalue weighted by Crippen LogP contribution is 2.38. The van der Waals surface area contributed by atoms with E-state index < -0.39 is 5.79 Å². The van der Waals surface area contributed by atoms with Gasteiger partial charge in [0.05, 0.1) is 6.61 Å². The molecule has 92 valence electrons. The summed E-state index contributed by atoms with van der Waals surface area (Å²) in [6, 6.07) is 0. The van der Waals surface area contributed by atoms with E-state index in [1.165, 1.54) is 0 Å². The van der Waals surface area contributed by atoms with Gasteiger partial charge < -0.3 is 14.2 Å². The number of hydrogen-bond acceptors (Lipinski definition) is 4. The molecule has 2 fully saturated rings. The monoisotopic (exact) mass is 228 g/mol. The average molecular weight is 228 g/mol. The topological polar surface area (TPSA) is 48.1 Å². The number of hydrogen-bond donors (Lipinski definition) is 0. The fourth-order valence-electron chi connectivity index (χ4n) is 1.92. The molecule has 0 aromatic heterocycles. The Morgan fingerprint density at radius 2 is 1.94 bits per heavy atom. The van der Waals surface area contributed by atoms with Crippen molar-refractivity contribution in [3.63, 3.8) is 0 Å². The lowest BCUT2D eigenvalue weighted by molar-refractivity contribution is -0.140. The number of carbonyl (C=O) groups is 1. The molecular weight excluding hydrogens is 208 g/mol. The third-order valence-corrected chi connectivity index (χ3v) is 2.92. The molecule has 3 atom stereocenters. The van der Waals surface area contributed by atoms with E-state index in [2.05, 4.69) is 0 Å². The van der Waals surface area contributed by atoms with Crippen molar-refractivity contribution in [1.82, 2.24) is 0 Å². The quantitative estimate of drug-likeness (QED) is 0.672. The van der Waals surface area contributed by atoms with E-state index in [1.807, 2.05) is 34.6 Å². The minimum absolute atomic E-state index is 0.105. The van der Waals surface area contributed by atoms with Gasteiger partial charge in [-0.2, -0.15) is 0 Å².